The van der Waals surface area contributed by atoms with Gasteiger partial charge >= 0.3 is 0 Å². The lowest BCUT2D eigenvalue weighted by molar-refractivity contribution is 0.472. The van der Waals surface area contributed by atoms with E-state index in [4.69, 9.17) is 0 Å². The van der Waals surface area contributed by atoms with E-state index >= 15 is 0 Å². The third-order valence-electron chi connectivity index (χ3n) is 4.48. The minimum absolute atomic E-state index is 0.0129. The van der Waals surface area contributed by atoms with Gasteiger partial charge in [0.15, 0.2) is 0 Å². The van der Waals surface area contributed by atoms with Gasteiger partial charge in [-0.2, -0.15) is 0 Å². The molecule has 1 aromatic heterocycles. The van der Waals surface area contributed by atoms with Crippen molar-refractivity contribution in [3.63, 3.8) is 0 Å². The Morgan fingerprint density at radius 1 is 1.14 bits per heavy atom. The predicted octanol–water partition coefficient (Wildman–Crippen LogP) is 1.91. The Bertz CT molecular complexity index is 556. The quantitative estimate of drug-likeness (QED) is 0.923. The summed E-state index contributed by atoms with van der Waals surface area (Å²) in [7, 11) is -3.17. The van der Waals surface area contributed by atoms with Crippen molar-refractivity contribution >= 4 is 15.8 Å². The van der Waals surface area contributed by atoms with Crippen molar-refractivity contribution in [1.29, 1.82) is 0 Å². The summed E-state index contributed by atoms with van der Waals surface area (Å²) in [5, 5.41) is -0.185. The number of pyridine rings is 1. The van der Waals surface area contributed by atoms with E-state index in [1.54, 1.807) is 6.20 Å². The lowest BCUT2D eigenvalue weighted by Gasteiger charge is -2.24. The second-order valence-electron chi connectivity index (χ2n) is 6.04. The average molecular weight is 309 g/mol. The minimum atomic E-state index is -3.17. The van der Waals surface area contributed by atoms with Crippen molar-refractivity contribution in [3.8, 4) is 0 Å². The molecular formula is C15H23N3O2S. The molecule has 0 amide bonds. The summed E-state index contributed by atoms with van der Waals surface area (Å²) in [6, 6.07) is 5.84. The van der Waals surface area contributed by atoms with Crippen LogP contribution in [0.3, 0.4) is 0 Å². The van der Waals surface area contributed by atoms with Crippen LogP contribution < -0.4 is 9.62 Å². The third-order valence-corrected chi connectivity index (χ3v) is 6.49. The zero-order valence-corrected chi connectivity index (χ0v) is 13.1. The van der Waals surface area contributed by atoms with Gasteiger partial charge in [0, 0.05) is 25.3 Å². The van der Waals surface area contributed by atoms with Gasteiger partial charge in [-0.25, -0.2) is 18.1 Å². The van der Waals surface area contributed by atoms with E-state index in [1.165, 1.54) is 6.42 Å². The van der Waals surface area contributed by atoms with Gasteiger partial charge in [0.1, 0.15) is 5.82 Å². The van der Waals surface area contributed by atoms with Gasteiger partial charge in [0.25, 0.3) is 0 Å². The molecule has 1 atom stereocenters. The summed E-state index contributed by atoms with van der Waals surface area (Å²) in [4.78, 5) is 6.48. The number of sulfonamides is 1. The molecule has 2 aliphatic rings. The van der Waals surface area contributed by atoms with Crippen molar-refractivity contribution in [2.24, 2.45) is 0 Å². The molecule has 6 heteroatoms. The molecule has 2 fully saturated rings. The zero-order chi connectivity index (χ0) is 14.7. The van der Waals surface area contributed by atoms with E-state index in [9.17, 15) is 8.42 Å². The molecule has 3 rings (SSSR count). The number of anilines is 1. The molecule has 0 radical (unpaired) electrons. The SMILES string of the molecule is O=S(=O)(NC1CCN(c2ccccn2)C1)C1CCCCC1. The fourth-order valence-corrected chi connectivity index (χ4v) is 5.11. The molecule has 21 heavy (non-hydrogen) atoms. The Labute approximate surface area is 126 Å². The molecule has 1 aliphatic carbocycles. The molecule has 0 bridgehead atoms. The number of hydrogen-bond acceptors (Lipinski definition) is 4. The van der Waals surface area contributed by atoms with E-state index in [2.05, 4.69) is 14.6 Å². The molecule has 116 valence electrons. The third kappa shape index (κ3) is 3.55. The van der Waals surface area contributed by atoms with Crippen LogP contribution >= 0.6 is 0 Å². The first-order valence-electron chi connectivity index (χ1n) is 7.82. The van der Waals surface area contributed by atoms with E-state index in [0.29, 0.717) is 6.54 Å². The van der Waals surface area contributed by atoms with Crippen LogP contribution in [0.25, 0.3) is 0 Å². The maximum Gasteiger partial charge on any atom is 0.214 e. The normalized spacial score (nSPS) is 24.4. The number of rotatable bonds is 4. The van der Waals surface area contributed by atoms with Crippen molar-refractivity contribution in [2.45, 2.75) is 49.8 Å². The molecule has 1 aromatic rings. The van der Waals surface area contributed by atoms with Crippen LogP contribution in [0.15, 0.2) is 24.4 Å². The second kappa shape index (κ2) is 6.32. The molecular weight excluding hydrogens is 286 g/mol. The summed E-state index contributed by atoms with van der Waals surface area (Å²) in [6.45, 7) is 1.57. The van der Waals surface area contributed by atoms with Gasteiger partial charge in [0.05, 0.1) is 5.25 Å². The highest BCUT2D eigenvalue weighted by Gasteiger charge is 2.32. The first-order chi connectivity index (χ1) is 10.1. The number of nitrogens with one attached hydrogen (secondary N) is 1. The molecule has 2 heterocycles. The summed E-state index contributed by atoms with van der Waals surface area (Å²) in [5.74, 6) is 0.928. The minimum Gasteiger partial charge on any atom is -0.355 e. The van der Waals surface area contributed by atoms with E-state index in [0.717, 1.165) is 44.5 Å². The van der Waals surface area contributed by atoms with Crippen LogP contribution in [0.5, 0.6) is 0 Å². The summed E-state index contributed by atoms with van der Waals surface area (Å²) in [6.07, 6.45) is 7.49. The van der Waals surface area contributed by atoms with Crippen molar-refractivity contribution in [1.82, 2.24) is 9.71 Å². The fraction of sp³-hybridized carbons (Fsp3) is 0.667. The molecule has 0 spiro atoms. The first-order valence-corrected chi connectivity index (χ1v) is 9.37. The van der Waals surface area contributed by atoms with E-state index in [-0.39, 0.29) is 11.3 Å². The first kappa shape index (κ1) is 14.8. The zero-order valence-electron chi connectivity index (χ0n) is 12.2. The Morgan fingerprint density at radius 3 is 2.67 bits per heavy atom. The highest BCUT2D eigenvalue weighted by atomic mass is 32.2. The maximum absolute atomic E-state index is 12.4. The number of nitrogens with zero attached hydrogens (tertiary/aromatic N) is 2. The van der Waals surface area contributed by atoms with Crippen LogP contribution in [0.2, 0.25) is 0 Å². The van der Waals surface area contributed by atoms with Crippen LogP contribution in [-0.4, -0.2) is 37.8 Å². The number of aromatic nitrogens is 1. The number of hydrogen-bond donors (Lipinski definition) is 1. The highest BCUT2D eigenvalue weighted by molar-refractivity contribution is 7.90. The lowest BCUT2D eigenvalue weighted by Crippen LogP contribution is -2.43. The monoisotopic (exact) mass is 309 g/mol. The largest absolute Gasteiger partial charge is 0.355 e. The van der Waals surface area contributed by atoms with Crippen LogP contribution in [-0.2, 0) is 10.0 Å². The topological polar surface area (TPSA) is 62.3 Å². The Hall–Kier alpha value is -1.14. The predicted molar refractivity (Wildman–Crippen MR) is 83.8 cm³/mol. The van der Waals surface area contributed by atoms with Crippen LogP contribution in [0, 0.1) is 0 Å². The molecule has 1 saturated carbocycles. The average Bonchev–Trinajstić information content (AvgIpc) is 2.97. The maximum atomic E-state index is 12.4. The second-order valence-corrected chi connectivity index (χ2v) is 8.03. The Kier molecular flexibility index (Phi) is 4.45. The van der Waals surface area contributed by atoms with Gasteiger partial charge in [-0.3, -0.25) is 0 Å². The van der Waals surface area contributed by atoms with Gasteiger partial charge in [-0.1, -0.05) is 25.3 Å². The van der Waals surface area contributed by atoms with Crippen LogP contribution in [0.1, 0.15) is 38.5 Å². The van der Waals surface area contributed by atoms with Crippen molar-refractivity contribution in [3.05, 3.63) is 24.4 Å². The standard InChI is InChI=1S/C15H23N3O2S/c19-21(20,14-6-2-1-3-7-14)17-13-9-11-18(12-13)15-8-4-5-10-16-15/h4-5,8,10,13-14,17H,1-3,6-7,9,11-12H2. The van der Waals surface area contributed by atoms with Crippen molar-refractivity contribution in [2.75, 3.05) is 18.0 Å². The molecule has 1 saturated heterocycles. The fourth-order valence-electron chi connectivity index (χ4n) is 3.31. The Balaban J connectivity index is 1.59. The molecule has 1 N–H and O–H groups in total. The van der Waals surface area contributed by atoms with Crippen molar-refractivity contribution < 1.29 is 8.42 Å². The molecule has 5 nitrogen and oxygen atoms in total. The smallest absolute Gasteiger partial charge is 0.214 e. The van der Waals surface area contributed by atoms with Crippen LogP contribution in [0.4, 0.5) is 5.82 Å². The van der Waals surface area contributed by atoms with Gasteiger partial charge in [0.2, 0.25) is 10.0 Å². The summed E-state index contributed by atoms with van der Waals surface area (Å²) >= 11 is 0. The van der Waals surface area contributed by atoms with E-state index < -0.39 is 10.0 Å². The molecule has 0 aromatic carbocycles. The summed E-state index contributed by atoms with van der Waals surface area (Å²) < 4.78 is 27.8. The Morgan fingerprint density at radius 2 is 1.95 bits per heavy atom. The van der Waals surface area contributed by atoms with Gasteiger partial charge in [-0.15, -0.1) is 0 Å². The van der Waals surface area contributed by atoms with Gasteiger partial charge in [-0.05, 0) is 31.4 Å². The van der Waals surface area contributed by atoms with Gasteiger partial charge < -0.3 is 4.90 Å². The van der Waals surface area contributed by atoms with E-state index in [1.807, 2.05) is 18.2 Å². The highest BCUT2D eigenvalue weighted by Crippen LogP contribution is 2.24. The molecule has 1 unspecified atom stereocenters. The summed E-state index contributed by atoms with van der Waals surface area (Å²) in [5.41, 5.74) is 0. The molecule has 1 aliphatic heterocycles. The lowest BCUT2D eigenvalue weighted by atomic mass is 10.0.